The molecule has 31 heavy (non-hydrogen) atoms. The molecule has 0 aliphatic rings. The van der Waals surface area contributed by atoms with Crippen LogP contribution in [-0.2, 0) is 32.7 Å². The molecule has 0 radical (unpaired) electrons. The third kappa shape index (κ3) is 5.74. The van der Waals surface area contributed by atoms with Crippen molar-refractivity contribution in [3.05, 3.63) is 48.3 Å². The van der Waals surface area contributed by atoms with Crippen LogP contribution in [-0.4, -0.2) is 37.7 Å². The number of aromatic nitrogens is 2. The first kappa shape index (κ1) is 22.6. The van der Waals surface area contributed by atoms with Gasteiger partial charge in [-0.05, 0) is 48.9 Å². The Kier molecular flexibility index (Phi) is 7.13. The lowest BCUT2D eigenvalue weighted by molar-refractivity contribution is -0.147. The number of fused-ring (bicyclic) bond motifs is 1. The van der Waals surface area contributed by atoms with Gasteiger partial charge >= 0.3 is 5.97 Å². The first-order valence-corrected chi connectivity index (χ1v) is 11.3. The fourth-order valence-corrected chi connectivity index (χ4v) is 3.55. The highest BCUT2D eigenvalue weighted by Gasteiger charge is 2.16. The van der Waals surface area contributed by atoms with Crippen molar-refractivity contribution in [2.75, 3.05) is 13.7 Å². The Bertz CT molecular complexity index is 1160. The molecule has 3 aromatic rings. The summed E-state index contributed by atoms with van der Waals surface area (Å²) < 4.78 is 41.0. The summed E-state index contributed by atoms with van der Waals surface area (Å²) in [4.78, 5) is 16.6. The number of hydrogen-bond acceptors (Lipinski definition) is 7. The Morgan fingerprint density at radius 2 is 1.84 bits per heavy atom. The molecule has 1 aromatic heterocycles. The Labute approximate surface area is 180 Å². The second-order valence-corrected chi connectivity index (χ2v) is 8.42. The Morgan fingerprint density at radius 3 is 2.48 bits per heavy atom. The average molecular weight is 448 g/mol. The molecule has 2 aromatic carbocycles. The van der Waals surface area contributed by atoms with Crippen LogP contribution in [0.3, 0.4) is 0 Å². The summed E-state index contributed by atoms with van der Waals surface area (Å²) in [7, 11) is -2.27. The number of ether oxygens (including phenoxy) is 3. The average Bonchev–Trinajstić information content (AvgIpc) is 3.11. The molecule has 0 amide bonds. The maximum Gasteiger partial charge on any atom is 0.344 e. The van der Waals surface area contributed by atoms with E-state index >= 15 is 0 Å². The van der Waals surface area contributed by atoms with Crippen LogP contribution in [0.4, 0.5) is 0 Å². The van der Waals surface area contributed by atoms with Crippen LogP contribution in [0.25, 0.3) is 11.0 Å². The van der Waals surface area contributed by atoms with Crippen LogP contribution >= 0.6 is 0 Å². The van der Waals surface area contributed by atoms with Gasteiger partial charge in [-0.25, -0.2) is 23.3 Å². The molecule has 0 saturated carbocycles. The fraction of sp³-hybridized carbons (Fsp3) is 0.333. The zero-order valence-corrected chi connectivity index (χ0v) is 18.2. The molecule has 0 saturated heterocycles. The molecule has 2 N–H and O–H groups in total. The molecule has 0 atom stereocenters. The molecule has 0 aliphatic heterocycles. The highest BCUT2D eigenvalue weighted by molar-refractivity contribution is 7.89. The van der Waals surface area contributed by atoms with Gasteiger partial charge in [0.2, 0.25) is 10.0 Å². The lowest BCUT2D eigenvalue weighted by atomic mass is 10.3. The quantitative estimate of drug-likeness (QED) is 0.474. The number of benzene rings is 2. The molecular weight excluding hydrogens is 422 g/mol. The molecule has 0 spiro atoms. The van der Waals surface area contributed by atoms with Gasteiger partial charge in [0.25, 0.3) is 0 Å². The summed E-state index contributed by atoms with van der Waals surface area (Å²) in [5, 5.41) is 5.22. The van der Waals surface area contributed by atoms with Crippen molar-refractivity contribution in [2.24, 2.45) is 5.14 Å². The first-order chi connectivity index (χ1) is 14.8. The third-order valence-corrected chi connectivity index (χ3v) is 5.55. The van der Waals surface area contributed by atoms with E-state index in [1.54, 1.807) is 37.4 Å². The van der Waals surface area contributed by atoms with E-state index in [2.05, 4.69) is 11.9 Å². The van der Waals surface area contributed by atoms with E-state index in [0.29, 0.717) is 29.4 Å². The second kappa shape index (κ2) is 9.80. The van der Waals surface area contributed by atoms with Crippen LogP contribution in [0.5, 0.6) is 11.5 Å². The van der Waals surface area contributed by atoms with E-state index in [-0.39, 0.29) is 18.1 Å². The van der Waals surface area contributed by atoms with E-state index < -0.39 is 16.0 Å². The molecule has 0 bridgehead atoms. The van der Waals surface area contributed by atoms with Crippen LogP contribution in [0.1, 0.15) is 25.6 Å². The van der Waals surface area contributed by atoms with Crippen LogP contribution < -0.4 is 14.6 Å². The molecule has 0 unspecified atom stereocenters. The van der Waals surface area contributed by atoms with E-state index in [9.17, 15) is 13.2 Å². The standard InChI is InChI=1S/C21H25N3O6S/c1-3-4-11-24-19-10-9-17(31(22,26)27)12-18(19)23-20(24)13-30-21(25)14-29-16-7-5-15(28-2)6-8-16/h5-10,12H,3-4,11,13-14H2,1-2H3,(H2,22,26,27). The van der Waals surface area contributed by atoms with E-state index in [0.717, 1.165) is 18.4 Å². The minimum absolute atomic E-state index is 0.0171. The van der Waals surface area contributed by atoms with Gasteiger partial charge in [0.15, 0.2) is 6.61 Å². The molecular formula is C21H25N3O6S. The number of nitrogens with zero attached hydrogens (tertiary/aromatic N) is 2. The third-order valence-electron chi connectivity index (χ3n) is 4.64. The predicted molar refractivity (Wildman–Crippen MR) is 114 cm³/mol. The fourth-order valence-electron chi connectivity index (χ4n) is 3.01. The monoisotopic (exact) mass is 447 g/mol. The van der Waals surface area contributed by atoms with E-state index in [1.807, 2.05) is 4.57 Å². The number of rotatable bonds is 10. The first-order valence-electron chi connectivity index (χ1n) is 9.76. The van der Waals surface area contributed by atoms with Crippen molar-refractivity contribution in [3.8, 4) is 11.5 Å². The molecule has 0 aliphatic carbocycles. The van der Waals surface area contributed by atoms with Crippen molar-refractivity contribution in [3.63, 3.8) is 0 Å². The maximum absolute atomic E-state index is 12.1. The number of imidazole rings is 1. The van der Waals surface area contributed by atoms with Gasteiger partial charge in [0.05, 0.1) is 23.0 Å². The number of sulfonamides is 1. The van der Waals surface area contributed by atoms with Gasteiger partial charge in [0, 0.05) is 6.54 Å². The summed E-state index contributed by atoms with van der Waals surface area (Å²) in [6.07, 6.45) is 1.85. The van der Waals surface area contributed by atoms with Gasteiger partial charge in [-0.1, -0.05) is 13.3 Å². The van der Waals surface area contributed by atoms with Gasteiger partial charge in [-0.15, -0.1) is 0 Å². The smallest absolute Gasteiger partial charge is 0.344 e. The number of esters is 1. The van der Waals surface area contributed by atoms with Gasteiger partial charge < -0.3 is 18.8 Å². The molecule has 0 fully saturated rings. The van der Waals surface area contributed by atoms with Gasteiger partial charge in [-0.2, -0.15) is 0 Å². The van der Waals surface area contributed by atoms with E-state index in [1.165, 1.54) is 12.1 Å². The highest BCUT2D eigenvalue weighted by atomic mass is 32.2. The summed E-state index contributed by atoms with van der Waals surface area (Å²) in [6, 6.07) is 11.4. The van der Waals surface area contributed by atoms with Crippen molar-refractivity contribution in [1.29, 1.82) is 0 Å². The molecule has 3 rings (SSSR count). The molecule has 10 heteroatoms. The molecule has 9 nitrogen and oxygen atoms in total. The topological polar surface area (TPSA) is 123 Å². The minimum Gasteiger partial charge on any atom is -0.497 e. The largest absolute Gasteiger partial charge is 0.497 e. The SMILES string of the molecule is CCCCn1c(COC(=O)COc2ccc(OC)cc2)nc2cc(S(N)(=O)=O)ccc21. The Hall–Kier alpha value is -3.11. The summed E-state index contributed by atoms with van der Waals surface area (Å²) in [6.45, 7) is 2.41. The minimum atomic E-state index is -3.84. The van der Waals surface area contributed by atoms with Crippen molar-refractivity contribution >= 4 is 27.0 Å². The summed E-state index contributed by atoms with van der Waals surface area (Å²) >= 11 is 0. The second-order valence-electron chi connectivity index (χ2n) is 6.85. The normalized spacial score (nSPS) is 11.5. The predicted octanol–water partition coefficient (Wildman–Crippen LogP) is 2.61. The van der Waals surface area contributed by atoms with Crippen LogP contribution in [0.2, 0.25) is 0 Å². The Balaban J connectivity index is 1.70. The van der Waals surface area contributed by atoms with E-state index in [4.69, 9.17) is 19.3 Å². The Morgan fingerprint density at radius 1 is 1.13 bits per heavy atom. The number of primary sulfonamides is 1. The number of nitrogens with two attached hydrogens (primary N) is 1. The maximum atomic E-state index is 12.1. The number of aryl methyl sites for hydroxylation is 1. The highest BCUT2D eigenvalue weighted by Crippen LogP contribution is 2.22. The number of methoxy groups -OCH3 is 1. The lowest BCUT2D eigenvalue weighted by Crippen LogP contribution is -2.16. The van der Waals surface area contributed by atoms with Crippen LogP contribution in [0, 0.1) is 0 Å². The van der Waals surface area contributed by atoms with Crippen LogP contribution in [0.15, 0.2) is 47.4 Å². The zero-order valence-electron chi connectivity index (χ0n) is 17.4. The number of carbonyl (C=O) groups excluding carboxylic acids is 1. The number of unbranched alkanes of at least 4 members (excludes halogenated alkanes) is 1. The molecule has 1 heterocycles. The van der Waals surface area contributed by atoms with Crippen molar-refractivity contribution in [2.45, 2.75) is 37.8 Å². The van der Waals surface area contributed by atoms with Crippen molar-refractivity contribution in [1.82, 2.24) is 9.55 Å². The zero-order chi connectivity index (χ0) is 22.4. The number of carbonyl (C=O) groups is 1. The molecule has 166 valence electrons. The van der Waals surface area contributed by atoms with Gasteiger partial charge in [0.1, 0.15) is 23.9 Å². The lowest BCUT2D eigenvalue weighted by Gasteiger charge is -2.10. The van der Waals surface area contributed by atoms with Crippen molar-refractivity contribution < 1.29 is 27.4 Å². The summed E-state index contributed by atoms with van der Waals surface area (Å²) in [5.41, 5.74) is 1.23. The number of hydrogen-bond donors (Lipinski definition) is 1. The van der Waals surface area contributed by atoms with Gasteiger partial charge in [-0.3, -0.25) is 0 Å². The summed E-state index contributed by atoms with van der Waals surface area (Å²) in [5.74, 6) is 1.18.